The summed E-state index contributed by atoms with van der Waals surface area (Å²) in [6, 6.07) is 4.69. The molecule has 2 unspecified atom stereocenters. The van der Waals surface area contributed by atoms with Gasteiger partial charge in [-0.25, -0.2) is 4.98 Å². The highest BCUT2D eigenvalue weighted by molar-refractivity contribution is 5.79. The van der Waals surface area contributed by atoms with Gasteiger partial charge in [-0.2, -0.15) is 0 Å². The maximum atomic E-state index is 12.4. The van der Waals surface area contributed by atoms with Crippen LogP contribution >= 0.6 is 0 Å². The van der Waals surface area contributed by atoms with Crippen LogP contribution in [-0.2, 0) is 10.2 Å². The fourth-order valence-corrected chi connectivity index (χ4v) is 3.26. The Morgan fingerprint density at radius 1 is 1.17 bits per heavy atom. The number of pyridine rings is 1. The van der Waals surface area contributed by atoms with Crippen molar-refractivity contribution in [2.24, 2.45) is 5.92 Å². The van der Waals surface area contributed by atoms with Crippen LogP contribution in [0.15, 0.2) is 18.3 Å². The van der Waals surface area contributed by atoms with Crippen molar-refractivity contribution in [3.05, 3.63) is 23.9 Å². The first-order chi connectivity index (χ1) is 10.6. The van der Waals surface area contributed by atoms with E-state index in [-0.39, 0.29) is 29.3 Å². The van der Waals surface area contributed by atoms with E-state index >= 15 is 0 Å². The Labute approximate surface area is 140 Å². The van der Waals surface area contributed by atoms with E-state index in [1.54, 1.807) is 0 Å². The van der Waals surface area contributed by atoms with Crippen molar-refractivity contribution in [2.45, 2.75) is 66.0 Å². The summed E-state index contributed by atoms with van der Waals surface area (Å²) >= 11 is 0. The maximum Gasteiger partial charge on any atom is 0.225 e. The quantitative estimate of drug-likeness (QED) is 0.838. The van der Waals surface area contributed by atoms with E-state index in [4.69, 9.17) is 0 Å². The van der Waals surface area contributed by atoms with Crippen LogP contribution < -0.4 is 4.90 Å². The predicted octanol–water partition coefficient (Wildman–Crippen LogP) is 3.46. The molecule has 1 aromatic rings. The lowest BCUT2D eigenvalue weighted by molar-refractivity contribution is -0.139. The molecule has 128 valence electrons. The number of aromatic nitrogens is 1. The van der Waals surface area contributed by atoms with Gasteiger partial charge in [-0.15, -0.1) is 0 Å². The van der Waals surface area contributed by atoms with Crippen LogP contribution in [0, 0.1) is 5.92 Å². The van der Waals surface area contributed by atoms with E-state index in [1.807, 2.05) is 24.9 Å². The lowest BCUT2D eigenvalue weighted by Gasteiger charge is -2.45. The minimum Gasteiger partial charge on any atom is -0.353 e. The van der Waals surface area contributed by atoms with Crippen LogP contribution in [0.25, 0.3) is 0 Å². The first-order valence-corrected chi connectivity index (χ1v) is 8.65. The third kappa shape index (κ3) is 3.85. The summed E-state index contributed by atoms with van der Waals surface area (Å²) < 4.78 is 0. The summed E-state index contributed by atoms with van der Waals surface area (Å²) in [5.74, 6) is 1.31. The Morgan fingerprint density at radius 2 is 1.74 bits per heavy atom. The SMILES string of the molecule is CC(C)C(=O)N1C(C)CN(c2ccc(C(C)(C)C)cn2)CC1C. The van der Waals surface area contributed by atoms with Crippen molar-refractivity contribution < 1.29 is 4.79 Å². The normalized spacial score (nSPS) is 22.6. The minimum absolute atomic E-state index is 0.0515. The van der Waals surface area contributed by atoms with E-state index in [9.17, 15) is 4.79 Å². The molecule has 0 aromatic carbocycles. The second kappa shape index (κ2) is 6.50. The average Bonchev–Trinajstić information content (AvgIpc) is 2.45. The van der Waals surface area contributed by atoms with Crippen LogP contribution in [0.4, 0.5) is 5.82 Å². The third-order valence-corrected chi connectivity index (χ3v) is 4.61. The van der Waals surface area contributed by atoms with Crippen molar-refractivity contribution in [3.63, 3.8) is 0 Å². The molecule has 0 radical (unpaired) electrons. The van der Waals surface area contributed by atoms with Crippen LogP contribution in [0.1, 0.15) is 54.0 Å². The Balaban J connectivity index is 2.14. The maximum absolute atomic E-state index is 12.4. The number of carbonyl (C=O) groups is 1. The average molecular weight is 317 g/mol. The minimum atomic E-state index is 0.0515. The van der Waals surface area contributed by atoms with Gasteiger partial charge in [0.2, 0.25) is 5.91 Å². The molecule has 0 aliphatic carbocycles. The van der Waals surface area contributed by atoms with Gasteiger partial charge in [-0.1, -0.05) is 40.7 Å². The Kier molecular flexibility index (Phi) is 5.02. The first-order valence-electron chi connectivity index (χ1n) is 8.65. The number of piperazine rings is 1. The smallest absolute Gasteiger partial charge is 0.225 e. The summed E-state index contributed by atoms with van der Waals surface area (Å²) in [7, 11) is 0. The van der Waals surface area contributed by atoms with E-state index in [0.717, 1.165) is 18.9 Å². The molecule has 1 aliphatic rings. The number of amides is 1. The van der Waals surface area contributed by atoms with Crippen molar-refractivity contribution in [1.29, 1.82) is 0 Å². The van der Waals surface area contributed by atoms with Crippen molar-refractivity contribution in [3.8, 4) is 0 Å². The molecule has 23 heavy (non-hydrogen) atoms. The largest absolute Gasteiger partial charge is 0.353 e. The fraction of sp³-hybridized carbons (Fsp3) is 0.684. The third-order valence-electron chi connectivity index (χ3n) is 4.61. The number of carbonyl (C=O) groups excluding carboxylic acids is 1. The first kappa shape index (κ1) is 17.8. The van der Waals surface area contributed by atoms with Gasteiger partial charge in [-0.05, 0) is 30.9 Å². The summed E-state index contributed by atoms with van der Waals surface area (Å²) in [5, 5.41) is 0. The number of rotatable bonds is 2. The van der Waals surface area contributed by atoms with Crippen LogP contribution in [-0.4, -0.2) is 41.0 Å². The van der Waals surface area contributed by atoms with E-state index in [0.29, 0.717) is 0 Å². The molecular formula is C19H31N3O. The highest BCUT2D eigenvalue weighted by Gasteiger charge is 2.34. The number of anilines is 1. The second-order valence-electron chi connectivity index (χ2n) is 8.16. The molecule has 1 aromatic heterocycles. The van der Waals surface area contributed by atoms with Crippen molar-refractivity contribution in [1.82, 2.24) is 9.88 Å². The zero-order valence-electron chi connectivity index (χ0n) is 15.6. The topological polar surface area (TPSA) is 36.4 Å². The Hall–Kier alpha value is -1.58. The van der Waals surface area contributed by atoms with Gasteiger partial charge < -0.3 is 9.80 Å². The molecule has 0 spiro atoms. The lowest BCUT2D eigenvalue weighted by Crippen LogP contribution is -2.59. The van der Waals surface area contributed by atoms with Crippen LogP contribution in [0.2, 0.25) is 0 Å². The highest BCUT2D eigenvalue weighted by Crippen LogP contribution is 2.26. The molecule has 2 heterocycles. The molecule has 4 nitrogen and oxygen atoms in total. The summed E-state index contributed by atoms with van der Waals surface area (Å²) in [5.41, 5.74) is 1.37. The van der Waals surface area contributed by atoms with Gasteiger partial charge in [-0.3, -0.25) is 4.79 Å². The molecule has 1 aliphatic heterocycles. The summed E-state index contributed by atoms with van der Waals surface area (Å²) in [6.07, 6.45) is 1.98. The fourth-order valence-electron chi connectivity index (χ4n) is 3.26. The molecule has 2 rings (SSSR count). The van der Waals surface area contributed by atoms with E-state index < -0.39 is 0 Å². The molecule has 1 fully saturated rings. The molecule has 0 saturated carbocycles. The second-order valence-corrected chi connectivity index (χ2v) is 8.16. The van der Waals surface area contributed by atoms with Gasteiger partial charge in [0, 0.05) is 37.3 Å². The van der Waals surface area contributed by atoms with Gasteiger partial charge in [0.05, 0.1) is 0 Å². The Bertz CT molecular complexity index is 533. The summed E-state index contributed by atoms with van der Waals surface area (Å²) in [4.78, 5) is 21.4. The zero-order valence-corrected chi connectivity index (χ0v) is 15.6. The zero-order chi connectivity index (χ0) is 17.4. The molecule has 0 N–H and O–H groups in total. The van der Waals surface area contributed by atoms with Gasteiger partial charge in [0.1, 0.15) is 5.82 Å². The molecule has 1 amide bonds. The lowest BCUT2D eigenvalue weighted by atomic mass is 9.88. The van der Waals surface area contributed by atoms with E-state index in [2.05, 4.69) is 56.6 Å². The Morgan fingerprint density at radius 3 is 2.13 bits per heavy atom. The number of hydrogen-bond acceptors (Lipinski definition) is 3. The number of hydrogen-bond donors (Lipinski definition) is 0. The molecule has 1 saturated heterocycles. The van der Waals surface area contributed by atoms with Gasteiger partial charge >= 0.3 is 0 Å². The molecule has 0 bridgehead atoms. The van der Waals surface area contributed by atoms with E-state index in [1.165, 1.54) is 5.56 Å². The number of nitrogens with zero attached hydrogens (tertiary/aromatic N) is 3. The monoisotopic (exact) mass is 317 g/mol. The van der Waals surface area contributed by atoms with Gasteiger partial charge in [0.15, 0.2) is 0 Å². The molecular weight excluding hydrogens is 286 g/mol. The van der Waals surface area contributed by atoms with Gasteiger partial charge in [0.25, 0.3) is 0 Å². The van der Waals surface area contributed by atoms with Crippen LogP contribution in [0.5, 0.6) is 0 Å². The molecule has 4 heteroatoms. The van der Waals surface area contributed by atoms with Crippen molar-refractivity contribution in [2.75, 3.05) is 18.0 Å². The summed E-state index contributed by atoms with van der Waals surface area (Å²) in [6.45, 7) is 16.5. The predicted molar refractivity (Wildman–Crippen MR) is 95.8 cm³/mol. The van der Waals surface area contributed by atoms with Crippen molar-refractivity contribution >= 4 is 11.7 Å². The standard InChI is InChI=1S/C19H31N3O/c1-13(2)18(23)22-14(3)11-21(12-15(22)4)17-9-8-16(10-20-17)19(5,6)7/h8-10,13-15H,11-12H2,1-7H3. The highest BCUT2D eigenvalue weighted by atomic mass is 16.2. The van der Waals surface area contributed by atoms with Crippen LogP contribution in [0.3, 0.4) is 0 Å². The molecule has 2 atom stereocenters.